The Labute approximate surface area is 175 Å². The van der Waals surface area contributed by atoms with Gasteiger partial charge in [0.05, 0.1) is 11.6 Å². The van der Waals surface area contributed by atoms with E-state index in [0.717, 1.165) is 22.5 Å². The van der Waals surface area contributed by atoms with Crippen LogP contribution in [0.2, 0.25) is 5.02 Å². The summed E-state index contributed by atoms with van der Waals surface area (Å²) in [6.45, 7) is 6.59. The van der Waals surface area contributed by atoms with Gasteiger partial charge in [0.2, 0.25) is 0 Å². The number of likely N-dealkylation sites (N-methyl/N-ethyl adjacent to an activating group) is 1. The van der Waals surface area contributed by atoms with Crippen LogP contribution in [0, 0.1) is 20.8 Å². The molecule has 6 nitrogen and oxygen atoms in total. The molecule has 29 heavy (non-hydrogen) atoms. The first-order valence-electron chi connectivity index (χ1n) is 9.48. The molecule has 1 aliphatic heterocycles. The molecule has 2 aromatic rings. The second-order valence-electron chi connectivity index (χ2n) is 7.72. The summed E-state index contributed by atoms with van der Waals surface area (Å²) < 4.78 is 0. The van der Waals surface area contributed by atoms with Gasteiger partial charge in [-0.15, -0.1) is 0 Å². The Hall–Kier alpha value is -2.57. The van der Waals surface area contributed by atoms with Crippen molar-refractivity contribution < 1.29 is 14.7 Å². The van der Waals surface area contributed by atoms with E-state index in [1.165, 1.54) is 4.90 Å². The number of nitrogens with one attached hydrogen (secondary N) is 1. The minimum atomic E-state index is -0.668. The van der Waals surface area contributed by atoms with Crippen LogP contribution in [0.5, 0.6) is 0 Å². The number of H-pyrrole nitrogens is 1. The van der Waals surface area contributed by atoms with E-state index in [9.17, 15) is 14.7 Å². The van der Waals surface area contributed by atoms with Crippen molar-refractivity contribution in [2.45, 2.75) is 26.8 Å². The van der Waals surface area contributed by atoms with E-state index >= 15 is 0 Å². The number of amides is 1. The van der Waals surface area contributed by atoms with Crippen LogP contribution < -0.4 is 0 Å². The molecule has 0 saturated carbocycles. The maximum Gasteiger partial charge on any atom is 0.295 e. The Bertz CT molecular complexity index is 989. The molecule has 1 saturated heterocycles. The fourth-order valence-corrected chi connectivity index (χ4v) is 3.93. The number of carbonyl (C=O) groups is 2. The average Bonchev–Trinajstić information content (AvgIpc) is 3.06. The Kier molecular flexibility index (Phi) is 5.87. The van der Waals surface area contributed by atoms with Crippen LogP contribution in [-0.2, 0) is 9.59 Å². The monoisotopic (exact) mass is 415 g/mol. The number of aromatic nitrogens is 1. The highest BCUT2D eigenvalue weighted by Crippen LogP contribution is 2.40. The third-order valence-corrected chi connectivity index (χ3v) is 5.69. The Morgan fingerprint density at radius 3 is 2.28 bits per heavy atom. The SMILES string of the molecule is Cc1[nH]c(C)c(/C(O)=C2\C(=O)C(=O)N(CCN(C)C)C2c2ccc(Cl)cc2)c1C. The highest BCUT2D eigenvalue weighted by Gasteiger charge is 2.46. The van der Waals surface area contributed by atoms with Crippen molar-refractivity contribution in [1.82, 2.24) is 14.8 Å². The Morgan fingerprint density at radius 1 is 1.14 bits per heavy atom. The summed E-state index contributed by atoms with van der Waals surface area (Å²) in [4.78, 5) is 32.5. The van der Waals surface area contributed by atoms with Crippen molar-refractivity contribution in [2.75, 3.05) is 27.2 Å². The fourth-order valence-electron chi connectivity index (χ4n) is 3.81. The average molecular weight is 416 g/mol. The summed E-state index contributed by atoms with van der Waals surface area (Å²) in [7, 11) is 3.81. The predicted octanol–water partition coefficient (Wildman–Crippen LogP) is 3.58. The standard InChI is InChI=1S/C22H26ClN3O3/c1-12-13(2)24-14(3)17(12)20(27)18-19(15-6-8-16(23)9-7-15)26(11-10-25(4)5)22(29)21(18)28/h6-9,19,24,27H,10-11H2,1-5H3/b20-18+. The molecule has 0 bridgehead atoms. The smallest absolute Gasteiger partial charge is 0.295 e. The Balaban J connectivity index is 2.20. The van der Waals surface area contributed by atoms with Gasteiger partial charge in [-0.1, -0.05) is 23.7 Å². The number of Topliss-reactive ketones (excluding diaryl/α,β-unsaturated/α-hetero) is 1. The van der Waals surface area contributed by atoms with Crippen LogP contribution in [-0.4, -0.2) is 58.8 Å². The molecule has 1 atom stereocenters. The first-order chi connectivity index (χ1) is 13.6. The quantitative estimate of drug-likeness (QED) is 0.444. The summed E-state index contributed by atoms with van der Waals surface area (Å²) in [5.74, 6) is -1.41. The highest BCUT2D eigenvalue weighted by atomic mass is 35.5. The number of benzene rings is 1. The van der Waals surface area contributed by atoms with Gasteiger partial charge < -0.3 is 19.9 Å². The molecule has 1 fully saturated rings. The zero-order chi connectivity index (χ0) is 21.5. The molecule has 1 aromatic carbocycles. The van der Waals surface area contributed by atoms with Gasteiger partial charge in [0.1, 0.15) is 5.76 Å². The van der Waals surface area contributed by atoms with Gasteiger partial charge in [-0.05, 0) is 58.1 Å². The topological polar surface area (TPSA) is 76.6 Å². The van der Waals surface area contributed by atoms with Crippen LogP contribution >= 0.6 is 11.6 Å². The minimum absolute atomic E-state index is 0.112. The van der Waals surface area contributed by atoms with Crippen molar-refractivity contribution in [3.63, 3.8) is 0 Å². The Morgan fingerprint density at radius 2 is 1.76 bits per heavy atom. The van der Waals surface area contributed by atoms with Crippen molar-refractivity contribution in [3.05, 3.63) is 62.9 Å². The second-order valence-corrected chi connectivity index (χ2v) is 8.16. The first kappa shape index (κ1) is 21.1. The number of carbonyl (C=O) groups excluding carboxylic acids is 2. The molecule has 2 heterocycles. The number of rotatable bonds is 5. The molecule has 1 amide bonds. The molecule has 3 rings (SSSR count). The summed E-state index contributed by atoms with van der Waals surface area (Å²) in [5, 5.41) is 11.8. The van der Waals surface area contributed by atoms with E-state index < -0.39 is 17.7 Å². The predicted molar refractivity (Wildman–Crippen MR) is 114 cm³/mol. The van der Waals surface area contributed by atoms with Crippen molar-refractivity contribution >= 4 is 29.1 Å². The maximum absolute atomic E-state index is 13.0. The molecule has 7 heteroatoms. The van der Waals surface area contributed by atoms with Crippen LogP contribution in [0.25, 0.3) is 5.76 Å². The molecule has 1 unspecified atom stereocenters. The fraction of sp³-hybridized carbons (Fsp3) is 0.364. The number of nitrogens with zero attached hydrogens (tertiary/aromatic N) is 2. The number of aliphatic hydroxyl groups excluding tert-OH is 1. The van der Waals surface area contributed by atoms with Crippen LogP contribution in [0.3, 0.4) is 0 Å². The molecule has 0 aliphatic carbocycles. The molecular weight excluding hydrogens is 390 g/mol. The van der Waals surface area contributed by atoms with Crippen LogP contribution in [0.4, 0.5) is 0 Å². The number of aromatic amines is 1. The molecular formula is C22H26ClN3O3. The van der Waals surface area contributed by atoms with E-state index in [4.69, 9.17) is 11.6 Å². The normalized spacial score (nSPS) is 18.9. The highest BCUT2D eigenvalue weighted by molar-refractivity contribution is 6.46. The van der Waals surface area contributed by atoms with Crippen molar-refractivity contribution in [2.24, 2.45) is 0 Å². The molecule has 0 spiro atoms. The lowest BCUT2D eigenvalue weighted by Crippen LogP contribution is -2.35. The summed E-state index contributed by atoms with van der Waals surface area (Å²) in [5.41, 5.74) is 3.94. The largest absolute Gasteiger partial charge is 0.507 e. The van der Waals surface area contributed by atoms with Gasteiger partial charge in [0.25, 0.3) is 11.7 Å². The zero-order valence-corrected chi connectivity index (χ0v) is 18.1. The number of aryl methyl sites for hydroxylation is 2. The number of hydrogen-bond acceptors (Lipinski definition) is 4. The molecule has 1 aromatic heterocycles. The maximum atomic E-state index is 13.0. The van der Waals surface area contributed by atoms with Crippen LogP contribution in [0.1, 0.15) is 34.1 Å². The molecule has 154 valence electrons. The summed E-state index contributed by atoms with van der Waals surface area (Å²) >= 11 is 6.03. The third kappa shape index (κ3) is 3.82. The van der Waals surface area contributed by atoms with Crippen molar-refractivity contribution in [1.29, 1.82) is 0 Å². The van der Waals surface area contributed by atoms with Gasteiger partial charge in [-0.25, -0.2) is 0 Å². The third-order valence-electron chi connectivity index (χ3n) is 5.44. The number of hydrogen-bond donors (Lipinski definition) is 2. The van der Waals surface area contributed by atoms with Crippen molar-refractivity contribution in [3.8, 4) is 0 Å². The van der Waals surface area contributed by atoms with Gasteiger partial charge in [0.15, 0.2) is 0 Å². The zero-order valence-electron chi connectivity index (χ0n) is 17.3. The van der Waals surface area contributed by atoms with Gasteiger partial charge in [-0.3, -0.25) is 9.59 Å². The lowest BCUT2D eigenvalue weighted by atomic mass is 9.94. The number of aliphatic hydroxyl groups is 1. The van der Waals surface area contributed by atoms with Gasteiger partial charge in [-0.2, -0.15) is 0 Å². The van der Waals surface area contributed by atoms with E-state index in [2.05, 4.69) is 4.98 Å². The molecule has 1 aliphatic rings. The number of halogens is 1. The number of likely N-dealkylation sites (tertiary alicyclic amines) is 1. The lowest BCUT2D eigenvalue weighted by Gasteiger charge is -2.26. The van der Waals surface area contributed by atoms with Crippen LogP contribution in [0.15, 0.2) is 29.8 Å². The first-order valence-corrected chi connectivity index (χ1v) is 9.86. The lowest BCUT2D eigenvalue weighted by molar-refractivity contribution is -0.140. The van der Waals surface area contributed by atoms with E-state index in [1.54, 1.807) is 24.3 Å². The summed E-state index contributed by atoms with van der Waals surface area (Å²) in [6, 6.07) is 6.36. The van der Waals surface area contributed by atoms with Gasteiger partial charge in [0, 0.05) is 35.1 Å². The van der Waals surface area contributed by atoms with E-state index in [0.29, 0.717) is 23.7 Å². The minimum Gasteiger partial charge on any atom is -0.507 e. The second kappa shape index (κ2) is 8.05. The van der Waals surface area contributed by atoms with E-state index in [1.807, 2.05) is 39.8 Å². The van der Waals surface area contributed by atoms with E-state index in [-0.39, 0.29) is 11.3 Å². The molecule has 2 N–H and O–H groups in total. The molecule has 0 radical (unpaired) electrons. The number of ketones is 1. The summed E-state index contributed by atoms with van der Waals surface area (Å²) in [6.07, 6.45) is 0. The van der Waals surface area contributed by atoms with Gasteiger partial charge >= 0.3 is 0 Å².